The minimum atomic E-state index is -0.301. The van der Waals surface area contributed by atoms with Crippen molar-refractivity contribution in [2.24, 2.45) is 0 Å². The molecule has 16 heavy (non-hydrogen) atoms. The Morgan fingerprint density at radius 2 is 1.12 bits per heavy atom. The van der Waals surface area contributed by atoms with E-state index in [1.54, 1.807) is 0 Å². The molecule has 0 aromatic heterocycles. The normalized spacial score (nSPS) is 12.2. The van der Waals surface area contributed by atoms with Crippen LogP contribution in [0.3, 0.4) is 0 Å². The summed E-state index contributed by atoms with van der Waals surface area (Å²) >= 11 is 2.95. The molecule has 1 aliphatic carbocycles. The van der Waals surface area contributed by atoms with Gasteiger partial charge in [0.2, 0.25) is 0 Å². The van der Waals surface area contributed by atoms with Crippen molar-refractivity contribution in [3.63, 3.8) is 0 Å². The van der Waals surface area contributed by atoms with E-state index in [4.69, 9.17) is 0 Å². The van der Waals surface area contributed by atoms with Gasteiger partial charge in [-0.25, -0.2) is 0 Å². The molecule has 2 heteroatoms. The molecule has 0 amide bonds. The first kappa shape index (κ1) is 9.79. The maximum atomic E-state index is 13.6. The minimum Gasteiger partial charge on any atom is -0.198 e. The van der Waals surface area contributed by atoms with Crippen molar-refractivity contribution in [3.8, 4) is 11.1 Å². The first-order valence-corrected chi connectivity index (χ1v) is 5.83. The Labute approximate surface area is 102 Å². The lowest BCUT2D eigenvalue weighted by Gasteiger charge is -2.00. The molecule has 0 bridgehead atoms. The molecular formula is C14H8BrF. The molecular weight excluding hydrogens is 268 g/mol. The second-order valence-corrected chi connectivity index (χ2v) is 4.42. The second-order valence-electron chi connectivity index (χ2n) is 3.73. The van der Waals surface area contributed by atoms with Crippen LogP contribution in [-0.4, -0.2) is 0 Å². The molecule has 0 nitrogen and oxygen atoms in total. The van der Waals surface area contributed by atoms with Gasteiger partial charge in [-0.3, -0.25) is 0 Å². The van der Waals surface area contributed by atoms with Gasteiger partial charge in [0.25, 0.3) is 0 Å². The fourth-order valence-corrected chi connectivity index (χ4v) is 2.65. The van der Waals surface area contributed by atoms with Crippen LogP contribution >= 0.6 is 15.9 Å². The highest BCUT2D eigenvalue weighted by Crippen LogP contribution is 2.46. The molecule has 0 fully saturated rings. The first-order valence-electron chi connectivity index (χ1n) is 5.03. The lowest BCUT2D eigenvalue weighted by atomic mass is 10.1. The molecule has 0 unspecified atom stereocenters. The molecule has 3 rings (SSSR count). The Balaban J connectivity index is 2.44. The smallest absolute Gasteiger partial charge is 0.174 e. The standard InChI is InChI=1S/C14H8BrF/c15-14(16)13-11-7-3-1-5-9(11)10-6-2-4-8-12(10)13/h1-8H/i14+1. The molecule has 0 heterocycles. The topological polar surface area (TPSA) is 0 Å². The third kappa shape index (κ3) is 1.26. The predicted molar refractivity (Wildman–Crippen MR) is 67.9 cm³/mol. The van der Waals surface area contributed by atoms with Crippen molar-refractivity contribution in [2.45, 2.75) is 0 Å². The average Bonchev–Trinajstić information content (AvgIpc) is 2.63. The van der Waals surface area contributed by atoms with Crippen LogP contribution in [0.1, 0.15) is 11.1 Å². The Bertz CT molecular complexity index is 548. The zero-order valence-corrected chi connectivity index (χ0v) is 9.96. The van der Waals surface area contributed by atoms with Crippen molar-refractivity contribution >= 4 is 21.5 Å². The van der Waals surface area contributed by atoms with Crippen LogP contribution in [0.4, 0.5) is 4.39 Å². The Morgan fingerprint density at radius 3 is 1.50 bits per heavy atom. The zero-order chi connectivity index (χ0) is 11.1. The summed E-state index contributed by atoms with van der Waals surface area (Å²) in [5, 5.41) is 0. The van der Waals surface area contributed by atoms with Crippen molar-refractivity contribution < 1.29 is 4.39 Å². The van der Waals surface area contributed by atoms with Crippen LogP contribution in [0.5, 0.6) is 0 Å². The summed E-state index contributed by atoms with van der Waals surface area (Å²) in [7, 11) is 0. The van der Waals surface area contributed by atoms with Gasteiger partial charge in [-0.2, -0.15) is 4.39 Å². The molecule has 0 saturated carbocycles. The number of fused-ring (bicyclic) bond motifs is 3. The van der Waals surface area contributed by atoms with E-state index in [0.29, 0.717) is 5.57 Å². The van der Waals surface area contributed by atoms with E-state index >= 15 is 0 Å². The van der Waals surface area contributed by atoms with Crippen LogP contribution in [0.25, 0.3) is 16.7 Å². The fraction of sp³-hybridized carbons (Fsp3) is 0. The van der Waals surface area contributed by atoms with E-state index in [1.165, 1.54) is 0 Å². The molecule has 78 valence electrons. The van der Waals surface area contributed by atoms with Crippen LogP contribution in [0, 0.1) is 0 Å². The average molecular weight is 276 g/mol. The van der Waals surface area contributed by atoms with E-state index in [2.05, 4.69) is 15.9 Å². The Morgan fingerprint density at radius 1 is 0.750 bits per heavy atom. The van der Waals surface area contributed by atoms with E-state index in [-0.39, 0.29) is 4.74 Å². The lowest BCUT2D eigenvalue weighted by molar-refractivity contribution is 0.708. The molecule has 2 aromatic rings. The van der Waals surface area contributed by atoms with Gasteiger partial charge in [-0.05, 0) is 38.2 Å². The van der Waals surface area contributed by atoms with Crippen molar-refractivity contribution in [3.05, 3.63) is 64.4 Å². The van der Waals surface area contributed by atoms with Crippen LogP contribution in [0.15, 0.2) is 53.3 Å². The summed E-state index contributed by atoms with van der Waals surface area (Å²) in [5.74, 6) is 0. The third-order valence-corrected chi connectivity index (χ3v) is 3.27. The van der Waals surface area contributed by atoms with Crippen molar-refractivity contribution in [2.75, 3.05) is 0 Å². The first-order chi connectivity index (χ1) is 7.79. The van der Waals surface area contributed by atoms with Crippen LogP contribution < -0.4 is 0 Å². The SMILES string of the molecule is F[13C](Br)=C1c2ccccc2-c2ccccc21. The summed E-state index contributed by atoms with van der Waals surface area (Å²) in [4.78, 5) is 0. The zero-order valence-electron chi connectivity index (χ0n) is 8.37. The highest BCUT2D eigenvalue weighted by molar-refractivity contribution is 9.11. The molecule has 0 spiro atoms. The van der Waals surface area contributed by atoms with Gasteiger partial charge in [0.15, 0.2) is 4.74 Å². The summed E-state index contributed by atoms with van der Waals surface area (Å²) in [6.07, 6.45) is 0. The maximum Gasteiger partial charge on any atom is 0.174 e. The lowest BCUT2D eigenvalue weighted by Crippen LogP contribution is -1.81. The van der Waals surface area contributed by atoms with Gasteiger partial charge >= 0.3 is 0 Å². The second kappa shape index (κ2) is 3.56. The van der Waals surface area contributed by atoms with Gasteiger partial charge in [0.05, 0.1) is 0 Å². The minimum absolute atomic E-state index is 0.301. The van der Waals surface area contributed by atoms with Gasteiger partial charge in [-0.1, -0.05) is 48.5 Å². The number of halogens is 2. The number of hydrogen-bond acceptors (Lipinski definition) is 0. The van der Waals surface area contributed by atoms with Gasteiger partial charge in [-0.15, -0.1) is 0 Å². The molecule has 1 aliphatic rings. The van der Waals surface area contributed by atoms with Gasteiger partial charge in [0, 0.05) is 5.57 Å². The highest BCUT2D eigenvalue weighted by atomic mass is 79.9. The fourth-order valence-electron chi connectivity index (χ4n) is 2.22. The van der Waals surface area contributed by atoms with Gasteiger partial charge in [0.1, 0.15) is 0 Å². The molecule has 0 atom stereocenters. The number of benzene rings is 2. The molecule has 2 aromatic carbocycles. The quantitative estimate of drug-likeness (QED) is 0.520. The maximum absolute atomic E-state index is 13.6. The van der Waals surface area contributed by atoms with Crippen LogP contribution in [-0.2, 0) is 0 Å². The van der Waals surface area contributed by atoms with Gasteiger partial charge < -0.3 is 0 Å². The molecule has 0 radical (unpaired) electrons. The largest absolute Gasteiger partial charge is 0.198 e. The molecule has 0 saturated heterocycles. The van der Waals surface area contributed by atoms with E-state index in [9.17, 15) is 4.39 Å². The van der Waals surface area contributed by atoms with E-state index < -0.39 is 0 Å². The highest BCUT2D eigenvalue weighted by Gasteiger charge is 2.24. The number of hydrogen-bond donors (Lipinski definition) is 0. The predicted octanol–water partition coefficient (Wildman–Crippen LogP) is 4.75. The third-order valence-electron chi connectivity index (χ3n) is 2.87. The van der Waals surface area contributed by atoms with Crippen LogP contribution in [0.2, 0.25) is 0 Å². The van der Waals surface area contributed by atoms with Crippen molar-refractivity contribution in [1.29, 1.82) is 0 Å². The molecule has 0 aliphatic heterocycles. The number of rotatable bonds is 0. The Kier molecular flexibility index (Phi) is 2.18. The van der Waals surface area contributed by atoms with E-state index in [1.807, 2.05) is 48.5 Å². The van der Waals surface area contributed by atoms with Crippen molar-refractivity contribution in [1.82, 2.24) is 0 Å². The summed E-state index contributed by atoms with van der Waals surface area (Å²) in [6, 6.07) is 15.8. The summed E-state index contributed by atoms with van der Waals surface area (Å²) in [6.45, 7) is 0. The molecule has 0 N–H and O–H groups in total. The monoisotopic (exact) mass is 275 g/mol. The summed E-state index contributed by atoms with van der Waals surface area (Å²) in [5.41, 5.74) is 4.77. The summed E-state index contributed by atoms with van der Waals surface area (Å²) < 4.78 is 13.3. The Hall–Kier alpha value is -1.41. The van der Waals surface area contributed by atoms with E-state index in [0.717, 1.165) is 22.3 Å².